The number of carbonyl (C=O) groups excluding carboxylic acids is 3. The molecule has 0 unspecified atom stereocenters. The van der Waals surface area contributed by atoms with Crippen molar-refractivity contribution < 1.29 is 23.9 Å². The van der Waals surface area contributed by atoms with Crippen LogP contribution in [0.25, 0.3) is 22.2 Å². The van der Waals surface area contributed by atoms with Crippen LogP contribution in [0.15, 0.2) is 66.7 Å². The fraction of sp³-hybridized carbons (Fsp3) is 0.395. The monoisotopic (exact) mass is 619 g/mol. The van der Waals surface area contributed by atoms with Gasteiger partial charge in [-0.3, -0.25) is 9.59 Å². The van der Waals surface area contributed by atoms with Crippen molar-refractivity contribution in [1.29, 1.82) is 0 Å². The number of methoxy groups -OCH3 is 1. The van der Waals surface area contributed by atoms with E-state index in [1.807, 2.05) is 71.6 Å². The maximum Gasteiger partial charge on any atom is 0.337 e. The summed E-state index contributed by atoms with van der Waals surface area (Å²) in [6, 6.07) is 21.6. The first-order valence-electron chi connectivity index (χ1n) is 16.7. The number of benzene rings is 3. The van der Waals surface area contributed by atoms with Gasteiger partial charge in [-0.05, 0) is 73.4 Å². The Bertz CT molecular complexity index is 1770. The van der Waals surface area contributed by atoms with Gasteiger partial charge in [-0.2, -0.15) is 0 Å². The molecular weight excluding hydrogens is 578 g/mol. The second-order valence-corrected chi connectivity index (χ2v) is 12.8. The Balaban J connectivity index is 1.38. The second kappa shape index (κ2) is 13.0. The van der Waals surface area contributed by atoms with Crippen molar-refractivity contribution >= 4 is 34.4 Å². The fourth-order valence-corrected chi connectivity index (χ4v) is 7.55. The van der Waals surface area contributed by atoms with E-state index >= 15 is 0 Å². The number of ether oxygens (including phenoxy) is 2. The van der Waals surface area contributed by atoms with Gasteiger partial charge in [-0.25, -0.2) is 4.79 Å². The molecule has 8 heteroatoms. The third kappa shape index (κ3) is 5.77. The van der Waals surface area contributed by atoms with Gasteiger partial charge in [-0.1, -0.05) is 55.7 Å². The smallest absolute Gasteiger partial charge is 0.337 e. The summed E-state index contributed by atoms with van der Waals surface area (Å²) in [6.45, 7) is 1.87. The molecule has 0 spiro atoms. The number of nitrogens with zero attached hydrogens (tertiary/aromatic N) is 3. The highest BCUT2D eigenvalue weighted by Crippen LogP contribution is 2.48. The van der Waals surface area contributed by atoms with Gasteiger partial charge >= 0.3 is 5.97 Å². The third-order valence-corrected chi connectivity index (χ3v) is 9.90. The summed E-state index contributed by atoms with van der Waals surface area (Å²) in [4.78, 5) is 44.2. The van der Waals surface area contributed by atoms with Crippen molar-refractivity contribution in [2.24, 2.45) is 0 Å². The normalized spacial score (nSPS) is 16.9. The minimum Gasteiger partial charge on any atom is -0.489 e. The topological polar surface area (TPSA) is 81.1 Å². The van der Waals surface area contributed by atoms with Gasteiger partial charge in [0.15, 0.2) is 0 Å². The van der Waals surface area contributed by atoms with Gasteiger partial charge in [0.05, 0.1) is 29.6 Å². The van der Waals surface area contributed by atoms with E-state index in [4.69, 9.17) is 9.47 Å². The number of fused-ring (bicyclic) bond motifs is 5. The molecule has 8 nitrogen and oxygen atoms in total. The van der Waals surface area contributed by atoms with Crippen LogP contribution in [0.1, 0.15) is 78.8 Å². The summed E-state index contributed by atoms with van der Waals surface area (Å²) in [5.74, 6) is 0.358. The number of likely N-dealkylation sites (tertiary alicyclic amines) is 1. The lowest BCUT2D eigenvalue weighted by molar-refractivity contribution is -0.132. The largest absolute Gasteiger partial charge is 0.489 e. The van der Waals surface area contributed by atoms with Crippen molar-refractivity contribution in [2.75, 3.05) is 31.6 Å². The highest BCUT2D eigenvalue weighted by molar-refractivity contribution is 6.07. The van der Waals surface area contributed by atoms with E-state index in [1.54, 1.807) is 4.90 Å². The highest BCUT2D eigenvalue weighted by Gasteiger charge is 2.35. The number of aromatic nitrogens is 1. The Morgan fingerprint density at radius 3 is 2.39 bits per heavy atom. The highest BCUT2D eigenvalue weighted by atomic mass is 16.5. The number of hydrogen-bond acceptors (Lipinski definition) is 5. The Morgan fingerprint density at radius 1 is 0.870 bits per heavy atom. The predicted molar refractivity (Wildman–Crippen MR) is 178 cm³/mol. The molecule has 3 aliphatic rings. The number of carbonyl (C=O) groups is 3. The van der Waals surface area contributed by atoms with E-state index in [0.29, 0.717) is 29.5 Å². The molecule has 0 radical (unpaired) electrons. The van der Waals surface area contributed by atoms with Crippen LogP contribution in [-0.2, 0) is 27.5 Å². The number of anilines is 1. The molecule has 0 N–H and O–H groups in total. The lowest BCUT2D eigenvalue weighted by Crippen LogP contribution is -2.45. The van der Waals surface area contributed by atoms with Gasteiger partial charge < -0.3 is 23.8 Å². The molecule has 2 fully saturated rings. The fourth-order valence-electron chi connectivity index (χ4n) is 7.55. The summed E-state index contributed by atoms with van der Waals surface area (Å²) >= 11 is 0. The summed E-state index contributed by atoms with van der Waals surface area (Å²) in [5, 5.41) is 1.07. The SMILES string of the molecule is COC(=O)c1ccc2c(C3CCCCC3)c3n(c2c1)CC(=O)N(CC(=O)N1CCCCC1)c1cc(OCc2ccccc2)ccc1-3. The van der Waals surface area contributed by atoms with Crippen LogP contribution in [-0.4, -0.2) is 54.0 Å². The third-order valence-electron chi connectivity index (χ3n) is 9.90. The quantitative estimate of drug-likeness (QED) is 0.207. The maximum absolute atomic E-state index is 14.4. The summed E-state index contributed by atoms with van der Waals surface area (Å²) in [6.07, 6.45) is 8.78. The molecule has 7 rings (SSSR count). The van der Waals surface area contributed by atoms with Gasteiger partial charge in [-0.15, -0.1) is 0 Å². The van der Waals surface area contributed by atoms with Crippen LogP contribution in [0.2, 0.25) is 0 Å². The Hall–Kier alpha value is -4.59. The number of hydrogen-bond donors (Lipinski definition) is 0. The minimum absolute atomic E-state index is 0.0249. The average Bonchev–Trinajstić information content (AvgIpc) is 3.37. The van der Waals surface area contributed by atoms with Gasteiger partial charge in [0.1, 0.15) is 25.4 Å². The molecule has 3 heterocycles. The second-order valence-electron chi connectivity index (χ2n) is 12.8. The zero-order valence-corrected chi connectivity index (χ0v) is 26.5. The van der Waals surface area contributed by atoms with Crippen molar-refractivity contribution in [3.8, 4) is 17.0 Å². The molecule has 1 saturated heterocycles. The molecule has 2 amide bonds. The lowest BCUT2D eigenvalue weighted by atomic mass is 9.81. The van der Waals surface area contributed by atoms with Crippen LogP contribution in [0.4, 0.5) is 5.69 Å². The Kier molecular flexibility index (Phi) is 8.52. The van der Waals surface area contributed by atoms with Crippen molar-refractivity contribution in [2.45, 2.75) is 70.4 Å². The minimum atomic E-state index is -0.411. The Morgan fingerprint density at radius 2 is 1.63 bits per heavy atom. The van der Waals surface area contributed by atoms with Gasteiger partial charge in [0, 0.05) is 30.1 Å². The van der Waals surface area contributed by atoms with E-state index in [9.17, 15) is 14.4 Å². The average molecular weight is 620 g/mol. The van der Waals surface area contributed by atoms with E-state index in [0.717, 1.165) is 85.8 Å². The van der Waals surface area contributed by atoms with Crippen molar-refractivity contribution in [3.63, 3.8) is 0 Å². The number of amides is 2. The molecule has 3 aromatic carbocycles. The number of piperidine rings is 1. The molecule has 46 heavy (non-hydrogen) atoms. The zero-order chi connectivity index (χ0) is 31.6. The van der Waals surface area contributed by atoms with Crippen LogP contribution in [0, 0.1) is 0 Å². The first kappa shape index (κ1) is 30.1. The molecular formula is C38H41N3O5. The summed E-state index contributed by atoms with van der Waals surface area (Å²) in [5.41, 5.74) is 6.15. The van der Waals surface area contributed by atoms with Crippen LogP contribution < -0.4 is 9.64 Å². The van der Waals surface area contributed by atoms with Gasteiger partial charge in [0.2, 0.25) is 11.8 Å². The molecule has 238 valence electrons. The summed E-state index contributed by atoms with van der Waals surface area (Å²) in [7, 11) is 1.38. The van der Waals surface area contributed by atoms with E-state index in [1.165, 1.54) is 19.1 Å². The summed E-state index contributed by atoms with van der Waals surface area (Å²) < 4.78 is 13.4. The van der Waals surface area contributed by atoms with Crippen LogP contribution in [0.3, 0.4) is 0 Å². The number of rotatable bonds is 7. The maximum atomic E-state index is 14.4. The molecule has 1 aliphatic carbocycles. The lowest BCUT2D eigenvalue weighted by Gasteiger charge is -2.30. The van der Waals surface area contributed by atoms with Gasteiger partial charge in [0.25, 0.3) is 0 Å². The van der Waals surface area contributed by atoms with Crippen LogP contribution in [0.5, 0.6) is 5.75 Å². The molecule has 2 aliphatic heterocycles. The van der Waals surface area contributed by atoms with Crippen molar-refractivity contribution in [1.82, 2.24) is 9.47 Å². The zero-order valence-electron chi connectivity index (χ0n) is 26.5. The molecule has 1 saturated carbocycles. The first-order valence-corrected chi connectivity index (χ1v) is 16.7. The standard InChI is InChI=1S/C38H41N3O5/c1-45-38(44)28-15-17-30-32(21-28)41-24-35(43)40(23-34(42)39-19-9-4-10-20-39)33-22-29(46-25-26-11-5-2-6-12-26)16-18-31(33)37(41)36(30)27-13-7-3-8-14-27/h2,5-6,11-12,15-18,21-22,27H,3-4,7-10,13-14,19-20,23-25H2,1H3. The predicted octanol–water partition coefficient (Wildman–Crippen LogP) is 7.08. The van der Waals surface area contributed by atoms with Crippen molar-refractivity contribution in [3.05, 3.63) is 83.4 Å². The molecule has 0 bridgehead atoms. The first-order chi connectivity index (χ1) is 22.5. The van der Waals surface area contributed by atoms with E-state index in [-0.39, 0.29) is 24.9 Å². The van der Waals surface area contributed by atoms with Crippen LogP contribution >= 0.6 is 0 Å². The molecule has 4 aromatic rings. The molecule has 0 atom stereocenters. The Labute approximate surface area is 269 Å². The number of esters is 1. The van der Waals surface area contributed by atoms with E-state index < -0.39 is 5.97 Å². The van der Waals surface area contributed by atoms with E-state index in [2.05, 4.69) is 4.57 Å². The molecule has 1 aromatic heterocycles.